The Morgan fingerprint density at radius 2 is 2.13 bits per heavy atom. The number of hydrogen-bond donors (Lipinski definition) is 0. The van der Waals surface area contributed by atoms with Crippen LogP contribution in [0.25, 0.3) is 0 Å². The van der Waals surface area contributed by atoms with Gasteiger partial charge in [0.1, 0.15) is 0 Å². The second-order valence-electron chi connectivity index (χ2n) is 4.38. The van der Waals surface area contributed by atoms with E-state index < -0.39 is 0 Å². The van der Waals surface area contributed by atoms with Gasteiger partial charge in [0.15, 0.2) is 0 Å². The summed E-state index contributed by atoms with van der Waals surface area (Å²) in [7, 11) is 0. The van der Waals surface area contributed by atoms with Crippen molar-refractivity contribution in [1.29, 1.82) is 0 Å². The molecular weight excluding hydrogens is 274 g/mol. The summed E-state index contributed by atoms with van der Waals surface area (Å²) in [5, 5.41) is 2.16. The number of nitrogens with zero attached hydrogens (tertiary/aromatic N) is 1. The Bertz CT molecular complexity index is 342. The highest BCUT2D eigenvalue weighted by Gasteiger charge is 2.33. The summed E-state index contributed by atoms with van der Waals surface area (Å²) in [6.07, 6.45) is 3.53. The highest BCUT2D eigenvalue weighted by Crippen LogP contribution is 2.28. The van der Waals surface area contributed by atoms with Crippen LogP contribution in [0, 0.1) is 0 Å². The van der Waals surface area contributed by atoms with Crippen LogP contribution in [0.1, 0.15) is 17.7 Å². The lowest BCUT2D eigenvalue weighted by Gasteiger charge is -2.31. The van der Waals surface area contributed by atoms with E-state index >= 15 is 0 Å². The largest absolute Gasteiger partial charge is 0.372 e. The molecule has 4 heteroatoms. The van der Waals surface area contributed by atoms with Gasteiger partial charge in [-0.2, -0.15) is 0 Å². The molecule has 15 heavy (non-hydrogen) atoms. The van der Waals surface area contributed by atoms with Crippen LogP contribution in [0.4, 0.5) is 0 Å². The van der Waals surface area contributed by atoms with Gasteiger partial charge < -0.3 is 4.74 Å². The summed E-state index contributed by atoms with van der Waals surface area (Å²) in [6.45, 7) is 3.32. The van der Waals surface area contributed by atoms with Crippen LogP contribution >= 0.6 is 27.3 Å². The normalized spacial score (nSPS) is 31.0. The van der Waals surface area contributed by atoms with Gasteiger partial charge in [-0.05, 0) is 34.8 Å². The molecule has 2 fully saturated rings. The molecule has 2 atom stereocenters. The van der Waals surface area contributed by atoms with E-state index in [2.05, 4.69) is 32.3 Å². The monoisotopic (exact) mass is 287 g/mol. The lowest BCUT2D eigenvalue weighted by atomic mass is 10.2. The van der Waals surface area contributed by atoms with Crippen molar-refractivity contribution < 1.29 is 4.74 Å². The Hall–Kier alpha value is 0.1000. The Kier molecular flexibility index (Phi) is 2.85. The number of thiophene rings is 1. The van der Waals surface area contributed by atoms with Crippen LogP contribution in [0.15, 0.2) is 15.9 Å². The topological polar surface area (TPSA) is 12.5 Å². The third-order valence-corrected chi connectivity index (χ3v) is 4.80. The third kappa shape index (κ3) is 2.28. The van der Waals surface area contributed by atoms with Crippen molar-refractivity contribution in [3.63, 3.8) is 0 Å². The number of halogens is 1. The van der Waals surface area contributed by atoms with Crippen LogP contribution in [0.5, 0.6) is 0 Å². The van der Waals surface area contributed by atoms with E-state index in [1.54, 1.807) is 0 Å². The van der Waals surface area contributed by atoms with Gasteiger partial charge in [-0.15, -0.1) is 11.3 Å². The average molecular weight is 288 g/mol. The van der Waals surface area contributed by atoms with Crippen molar-refractivity contribution in [3.05, 3.63) is 20.8 Å². The first-order valence-corrected chi connectivity index (χ1v) is 7.07. The lowest BCUT2D eigenvalue weighted by Crippen LogP contribution is -2.41. The molecule has 82 valence electrons. The molecule has 2 unspecified atom stereocenters. The predicted octanol–water partition coefficient (Wildman–Crippen LogP) is 2.87. The highest BCUT2D eigenvalue weighted by atomic mass is 79.9. The molecule has 2 aliphatic rings. The lowest BCUT2D eigenvalue weighted by molar-refractivity contribution is -0.0407. The van der Waals surface area contributed by atoms with Crippen molar-refractivity contribution in [2.24, 2.45) is 0 Å². The van der Waals surface area contributed by atoms with Crippen molar-refractivity contribution in [1.82, 2.24) is 4.90 Å². The summed E-state index contributed by atoms with van der Waals surface area (Å²) < 4.78 is 7.03. The third-order valence-electron chi connectivity index (χ3n) is 3.12. The van der Waals surface area contributed by atoms with E-state index in [-0.39, 0.29) is 0 Å². The molecule has 0 radical (unpaired) electrons. The van der Waals surface area contributed by atoms with E-state index in [1.165, 1.54) is 22.2 Å². The fourth-order valence-corrected chi connectivity index (χ4v) is 3.98. The molecule has 0 N–H and O–H groups in total. The van der Waals surface area contributed by atoms with E-state index in [1.807, 2.05) is 11.3 Å². The van der Waals surface area contributed by atoms with Crippen LogP contribution in [-0.2, 0) is 11.3 Å². The van der Waals surface area contributed by atoms with Crippen LogP contribution in [-0.4, -0.2) is 30.2 Å². The van der Waals surface area contributed by atoms with Crippen molar-refractivity contribution in [2.45, 2.75) is 31.6 Å². The maximum Gasteiger partial charge on any atom is 0.0707 e. The van der Waals surface area contributed by atoms with Crippen LogP contribution in [0.2, 0.25) is 0 Å². The summed E-state index contributed by atoms with van der Waals surface area (Å²) in [5.41, 5.74) is 0. The zero-order chi connectivity index (χ0) is 10.3. The minimum atomic E-state index is 0.507. The Morgan fingerprint density at radius 1 is 1.40 bits per heavy atom. The smallest absolute Gasteiger partial charge is 0.0707 e. The molecule has 0 aromatic carbocycles. The molecule has 1 aromatic rings. The zero-order valence-corrected chi connectivity index (χ0v) is 10.9. The van der Waals surface area contributed by atoms with Crippen LogP contribution < -0.4 is 0 Å². The second-order valence-corrected chi connectivity index (χ2v) is 6.29. The number of ether oxygens (including phenoxy) is 1. The number of fused-ring (bicyclic) bond motifs is 2. The fourth-order valence-electron chi connectivity index (χ4n) is 2.49. The van der Waals surface area contributed by atoms with E-state index in [0.29, 0.717) is 12.2 Å². The van der Waals surface area contributed by atoms with E-state index in [4.69, 9.17) is 4.74 Å². The zero-order valence-electron chi connectivity index (χ0n) is 8.49. The van der Waals surface area contributed by atoms with Gasteiger partial charge in [-0.25, -0.2) is 0 Å². The SMILES string of the molecule is Brc1csc(CN2CC3CCC(C2)O3)c1. The maximum atomic E-state index is 5.82. The summed E-state index contributed by atoms with van der Waals surface area (Å²) in [4.78, 5) is 3.98. The van der Waals surface area contributed by atoms with Gasteiger partial charge in [0.2, 0.25) is 0 Å². The molecule has 2 saturated heterocycles. The summed E-state index contributed by atoms with van der Waals surface area (Å²) in [5.74, 6) is 0. The first-order chi connectivity index (χ1) is 7.29. The molecule has 0 amide bonds. The molecule has 3 rings (SSSR count). The minimum absolute atomic E-state index is 0.507. The van der Waals surface area contributed by atoms with Crippen molar-refractivity contribution in [2.75, 3.05) is 13.1 Å². The Labute approximate surface area is 102 Å². The highest BCUT2D eigenvalue weighted by molar-refractivity contribution is 9.10. The second kappa shape index (κ2) is 4.17. The molecule has 1 aromatic heterocycles. The van der Waals surface area contributed by atoms with Crippen molar-refractivity contribution >= 4 is 27.3 Å². The molecule has 0 spiro atoms. The van der Waals surface area contributed by atoms with Crippen LogP contribution in [0.3, 0.4) is 0 Å². The number of rotatable bonds is 2. The van der Waals surface area contributed by atoms with Gasteiger partial charge >= 0.3 is 0 Å². The molecule has 3 heterocycles. The maximum absolute atomic E-state index is 5.82. The molecule has 0 aliphatic carbocycles. The van der Waals surface area contributed by atoms with Crippen molar-refractivity contribution in [3.8, 4) is 0 Å². The molecule has 0 saturated carbocycles. The van der Waals surface area contributed by atoms with Gasteiger partial charge in [-0.3, -0.25) is 4.90 Å². The molecular formula is C11H14BrNOS. The number of likely N-dealkylation sites (tertiary alicyclic amines) is 1. The molecule has 2 aliphatic heterocycles. The quantitative estimate of drug-likeness (QED) is 0.829. The van der Waals surface area contributed by atoms with E-state index in [0.717, 1.165) is 19.6 Å². The standard InChI is InChI=1S/C11H14BrNOS/c12-8-3-11(15-7-8)6-13-4-9-1-2-10(5-13)14-9/h3,7,9-10H,1-2,4-6H2. The van der Waals surface area contributed by atoms with Gasteiger partial charge in [0.25, 0.3) is 0 Å². The average Bonchev–Trinajstić information content (AvgIpc) is 2.74. The van der Waals surface area contributed by atoms with Gasteiger partial charge in [0, 0.05) is 34.4 Å². The molecule has 2 bridgehead atoms. The van der Waals surface area contributed by atoms with Gasteiger partial charge in [0.05, 0.1) is 12.2 Å². The number of morpholine rings is 1. The minimum Gasteiger partial charge on any atom is -0.372 e. The van der Waals surface area contributed by atoms with Gasteiger partial charge in [-0.1, -0.05) is 0 Å². The first kappa shape index (κ1) is 10.3. The molecule has 2 nitrogen and oxygen atoms in total. The first-order valence-electron chi connectivity index (χ1n) is 5.40. The Balaban J connectivity index is 1.64. The fraction of sp³-hybridized carbons (Fsp3) is 0.636. The summed E-state index contributed by atoms with van der Waals surface area (Å²) in [6, 6.07) is 2.22. The summed E-state index contributed by atoms with van der Waals surface area (Å²) >= 11 is 5.34. The predicted molar refractivity (Wildman–Crippen MR) is 65.2 cm³/mol. The Morgan fingerprint density at radius 3 is 2.73 bits per heavy atom. The number of hydrogen-bond acceptors (Lipinski definition) is 3. The van der Waals surface area contributed by atoms with E-state index in [9.17, 15) is 0 Å².